The van der Waals surface area contributed by atoms with E-state index < -0.39 is 41.7 Å². The molecule has 32 heavy (non-hydrogen) atoms. The van der Waals surface area contributed by atoms with Crippen LogP contribution in [0.4, 0.5) is 30.8 Å². The number of anilines is 3. The molecule has 1 aliphatic carbocycles. The third-order valence-corrected chi connectivity index (χ3v) is 5.64. The van der Waals surface area contributed by atoms with Crippen LogP contribution in [0.1, 0.15) is 40.8 Å². The molecule has 5 rings (SSSR count). The van der Waals surface area contributed by atoms with Crippen molar-refractivity contribution in [3.8, 4) is 0 Å². The average Bonchev–Trinajstić information content (AvgIpc) is 3.39. The summed E-state index contributed by atoms with van der Waals surface area (Å²) in [5, 5.41) is 15.4. The van der Waals surface area contributed by atoms with Crippen LogP contribution in [0, 0.1) is 17.5 Å². The summed E-state index contributed by atoms with van der Waals surface area (Å²) in [6.45, 7) is 0.828. The smallest absolute Gasteiger partial charge is 0.224 e. The van der Waals surface area contributed by atoms with Gasteiger partial charge in [0.15, 0.2) is 17.3 Å². The molecule has 3 unspecified atom stereocenters. The van der Waals surface area contributed by atoms with Crippen molar-refractivity contribution in [2.45, 2.75) is 50.2 Å². The largest absolute Gasteiger partial charge is 0.393 e. The average molecular weight is 450 g/mol. The van der Waals surface area contributed by atoms with Crippen LogP contribution in [-0.2, 0) is 4.74 Å². The molecule has 3 heterocycles. The second-order valence-electron chi connectivity index (χ2n) is 7.93. The number of hydrogen-bond donors (Lipinski definition) is 3. The highest BCUT2D eigenvalue weighted by molar-refractivity contribution is 5.76. The number of aromatic nitrogens is 4. The quantitative estimate of drug-likeness (QED) is 0.546. The van der Waals surface area contributed by atoms with Crippen LogP contribution in [0.25, 0.3) is 11.2 Å². The highest BCUT2D eigenvalue weighted by atomic mass is 19.1. The summed E-state index contributed by atoms with van der Waals surface area (Å²) in [6.07, 6.45) is 0.575. The lowest BCUT2D eigenvalue weighted by Crippen LogP contribution is -2.29. The Labute approximate surface area is 184 Å². The van der Waals surface area contributed by atoms with Crippen molar-refractivity contribution in [3.05, 3.63) is 35.8 Å². The van der Waals surface area contributed by atoms with E-state index in [4.69, 9.17) is 7.48 Å². The Kier molecular flexibility index (Phi) is 4.98. The lowest BCUT2D eigenvalue weighted by molar-refractivity contribution is 0.126. The van der Waals surface area contributed by atoms with Gasteiger partial charge in [0.2, 0.25) is 11.9 Å². The number of aliphatic hydroxyl groups excluding tert-OH is 1. The SMILES string of the molecule is [2H]C1([2H])CC(O)CCC1Nc1ncc2nc(Nc3c(F)cc(F)cc3F)n(C3CCOC3)c2n1. The van der Waals surface area contributed by atoms with Crippen molar-refractivity contribution in [1.29, 1.82) is 0 Å². The number of rotatable bonds is 5. The van der Waals surface area contributed by atoms with Gasteiger partial charge in [-0.05, 0) is 32.1 Å². The van der Waals surface area contributed by atoms with Crippen molar-refractivity contribution in [1.82, 2.24) is 19.5 Å². The predicted octanol–water partition coefficient (Wildman–Crippen LogP) is 3.66. The molecule has 2 aromatic heterocycles. The molecule has 0 spiro atoms. The van der Waals surface area contributed by atoms with Gasteiger partial charge in [-0.2, -0.15) is 4.98 Å². The van der Waals surface area contributed by atoms with E-state index in [1.807, 2.05) is 0 Å². The zero-order chi connectivity index (χ0) is 24.0. The first-order valence-corrected chi connectivity index (χ1v) is 10.4. The summed E-state index contributed by atoms with van der Waals surface area (Å²) < 4.78 is 65.5. The van der Waals surface area contributed by atoms with E-state index in [1.165, 1.54) is 6.20 Å². The van der Waals surface area contributed by atoms with Crippen molar-refractivity contribution < 1.29 is 25.8 Å². The molecule has 2 aliphatic rings. The predicted molar refractivity (Wildman–Crippen MR) is 111 cm³/mol. The number of nitrogens with zero attached hydrogens (tertiary/aromatic N) is 4. The van der Waals surface area contributed by atoms with Gasteiger partial charge in [0.25, 0.3) is 0 Å². The minimum atomic E-state index is -1.65. The van der Waals surface area contributed by atoms with Gasteiger partial charge in [-0.3, -0.25) is 4.57 Å². The maximum absolute atomic E-state index is 14.3. The molecule has 1 aromatic carbocycles. The molecule has 3 N–H and O–H groups in total. The highest BCUT2D eigenvalue weighted by Gasteiger charge is 2.27. The molecule has 0 amide bonds. The molecule has 3 aromatic rings. The van der Waals surface area contributed by atoms with Crippen LogP contribution < -0.4 is 10.6 Å². The first kappa shape index (κ1) is 18.6. The maximum Gasteiger partial charge on any atom is 0.224 e. The fourth-order valence-corrected chi connectivity index (χ4v) is 4.01. The van der Waals surface area contributed by atoms with Crippen molar-refractivity contribution >= 4 is 28.7 Å². The Morgan fingerprint density at radius 3 is 2.66 bits per heavy atom. The number of halogens is 3. The number of ether oxygens (including phenoxy) is 1. The van der Waals surface area contributed by atoms with E-state index in [0.29, 0.717) is 55.8 Å². The minimum absolute atomic E-state index is 0.00707. The molecular formula is C21H23F3N6O2. The van der Waals surface area contributed by atoms with Gasteiger partial charge in [0.05, 0.1) is 24.9 Å². The van der Waals surface area contributed by atoms with Crippen LogP contribution in [0.15, 0.2) is 18.3 Å². The van der Waals surface area contributed by atoms with Gasteiger partial charge in [-0.25, -0.2) is 23.1 Å². The first-order valence-electron chi connectivity index (χ1n) is 11.4. The molecule has 2 fully saturated rings. The van der Waals surface area contributed by atoms with Gasteiger partial charge < -0.3 is 20.5 Å². The van der Waals surface area contributed by atoms with Gasteiger partial charge in [0, 0.05) is 27.5 Å². The Morgan fingerprint density at radius 1 is 1.12 bits per heavy atom. The van der Waals surface area contributed by atoms with E-state index in [-0.39, 0.29) is 24.4 Å². The first-order chi connectivity index (χ1) is 16.2. The van der Waals surface area contributed by atoms with E-state index in [1.54, 1.807) is 4.57 Å². The lowest BCUT2D eigenvalue weighted by Gasteiger charge is -2.26. The highest BCUT2D eigenvalue weighted by Crippen LogP contribution is 2.32. The van der Waals surface area contributed by atoms with Crippen molar-refractivity contribution in [2.24, 2.45) is 0 Å². The normalized spacial score (nSPS) is 26.1. The van der Waals surface area contributed by atoms with Gasteiger partial charge >= 0.3 is 0 Å². The Hall–Kier alpha value is -2.92. The summed E-state index contributed by atoms with van der Waals surface area (Å²) >= 11 is 0. The molecule has 170 valence electrons. The zero-order valence-electron chi connectivity index (χ0n) is 19.0. The Morgan fingerprint density at radius 2 is 1.94 bits per heavy atom. The van der Waals surface area contributed by atoms with Crippen LogP contribution in [0.3, 0.4) is 0 Å². The third-order valence-electron chi connectivity index (χ3n) is 5.64. The second-order valence-corrected chi connectivity index (χ2v) is 7.93. The number of benzene rings is 1. The summed E-state index contributed by atoms with van der Waals surface area (Å²) in [4.78, 5) is 13.2. The number of imidazole rings is 1. The topological polar surface area (TPSA) is 97.1 Å². The summed E-state index contributed by atoms with van der Waals surface area (Å²) in [6, 6.07) is 0.333. The summed E-state index contributed by atoms with van der Waals surface area (Å²) in [7, 11) is 0. The molecule has 1 saturated heterocycles. The zero-order valence-corrected chi connectivity index (χ0v) is 17.0. The fourth-order valence-electron chi connectivity index (χ4n) is 4.01. The van der Waals surface area contributed by atoms with E-state index in [2.05, 4.69) is 25.6 Å². The monoisotopic (exact) mass is 450 g/mol. The second kappa shape index (κ2) is 8.55. The molecule has 3 atom stereocenters. The molecule has 0 radical (unpaired) electrons. The Balaban J connectivity index is 1.52. The standard InChI is InChI=1S/C21H23F3N6O2/c22-11-7-15(23)18(16(24)8-11)28-21-27-17-9-25-20(26-12-1-3-14(31)4-2-12)29-19(17)30(21)13-5-6-32-10-13/h7-9,12-14,31H,1-6,10H2,(H,27,28)(H,25,26,29)/i1D2. The van der Waals surface area contributed by atoms with Crippen molar-refractivity contribution in [3.63, 3.8) is 0 Å². The molecule has 8 nitrogen and oxygen atoms in total. The van der Waals surface area contributed by atoms with E-state index in [0.717, 1.165) is 0 Å². The van der Waals surface area contributed by atoms with E-state index >= 15 is 0 Å². The Bertz CT molecular complexity index is 1200. The maximum atomic E-state index is 14.3. The van der Waals surface area contributed by atoms with Gasteiger partial charge in [-0.15, -0.1) is 0 Å². The number of hydrogen-bond acceptors (Lipinski definition) is 7. The lowest BCUT2D eigenvalue weighted by atomic mass is 9.93. The minimum Gasteiger partial charge on any atom is -0.393 e. The molecule has 0 bridgehead atoms. The fraction of sp³-hybridized carbons (Fsp3) is 0.476. The summed E-state index contributed by atoms with van der Waals surface area (Å²) in [5.74, 6) is -2.97. The van der Waals surface area contributed by atoms with Crippen LogP contribution in [0.2, 0.25) is 0 Å². The van der Waals surface area contributed by atoms with Crippen molar-refractivity contribution in [2.75, 3.05) is 23.8 Å². The van der Waals surface area contributed by atoms with E-state index in [9.17, 15) is 18.3 Å². The molecule has 1 aliphatic heterocycles. The molecule has 1 saturated carbocycles. The van der Waals surface area contributed by atoms with Crippen LogP contribution in [-0.4, -0.2) is 50.0 Å². The molecule has 11 heteroatoms. The van der Waals surface area contributed by atoms with Crippen LogP contribution in [0.5, 0.6) is 0 Å². The molecular weight excluding hydrogens is 425 g/mol. The number of aliphatic hydroxyl groups is 1. The summed E-state index contributed by atoms with van der Waals surface area (Å²) in [5.41, 5.74) is 0.178. The third kappa shape index (κ3) is 4.09. The van der Waals surface area contributed by atoms with Gasteiger partial charge in [-0.1, -0.05) is 0 Å². The van der Waals surface area contributed by atoms with Crippen LogP contribution >= 0.6 is 0 Å². The number of nitrogens with one attached hydrogen (secondary N) is 2. The number of fused-ring (bicyclic) bond motifs is 1. The van der Waals surface area contributed by atoms with Gasteiger partial charge in [0.1, 0.15) is 17.0 Å².